The molecule has 2 heterocycles. The van der Waals surface area contributed by atoms with Gasteiger partial charge in [0.2, 0.25) is 5.91 Å². The first-order valence-corrected chi connectivity index (χ1v) is 10.8. The fraction of sp³-hybridized carbons (Fsp3) is 0.480. The number of nitrogens with one attached hydrogen (secondary N) is 1. The van der Waals surface area contributed by atoms with Crippen LogP contribution in [0, 0.1) is 11.8 Å². The molecule has 3 aliphatic rings. The van der Waals surface area contributed by atoms with E-state index < -0.39 is 11.0 Å². The third-order valence-corrected chi connectivity index (χ3v) is 6.94. The molecule has 152 valence electrons. The van der Waals surface area contributed by atoms with Crippen LogP contribution in [0.3, 0.4) is 0 Å². The number of amides is 1. The minimum atomic E-state index is -0.729. The molecule has 1 unspecified atom stereocenters. The number of hydrogen-bond donors (Lipinski definition) is 1. The Labute approximate surface area is 172 Å². The maximum Gasteiger partial charge on any atom is 0.240 e. The maximum atomic E-state index is 13.7. The van der Waals surface area contributed by atoms with Crippen molar-refractivity contribution < 1.29 is 14.3 Å². The number of para-hydroxylation sites is 1. The summed E-state index contributed by atoms with van der Waals surface area (Å²) >= 11 is 0. The van der Waals surface area contributed by atoms with Crippen LogP contribution in [-0.4, -0.2) is 18.1 Å². The number of anilines is 1. The standard InChI is InChI=1S/C25H29NO3/c1-4-28-17-12-13-19-21(15-17)29-24(2,3)22(14-11-16-9-10-16)25(19)18-7-5-6-8-20(18)26-23(25)27/h5-8,12-13,15-16,22H,4,9-11,14H2,1-3H3,(H,26,27)/t22?,25-/m1/s1. The largest absolute Gasteiger partial charge is 0.494 e. The number of fused-ring (bicyclic) bond motifs is 4. The highest BCUT2D eigenvalue weighted by Gasteiger charge is 2.62. The first-order valence-electron chi connectivity index (χ1n) is 10.8. The van der Waals surface area contributed by atoms with E-state index in [1.807, 2.05) is 43.3 Å². The van der Waals surface area contributed by atoms with Crippen LogP contribution in [0.5, 0.6) is 11.5 Å². The Kier molecular flexibility index (Phi) is 4.16. The monoisotopic (exact) mass is 391 g/mol. The zero-order valence-electron chi connectivity index (χ0n) is 17.5. The van der Waals surface area contributed by atoms with Crippen LogP contribution < -0.4 is 14.8 Å². The van der Waals surface area contributed by atoms with Crippen molar-refractivity contribution in [2.75, 3.05) is 11.9 Å². The molecule has 5 rings (SSSR count). The second-order valence-electron chi connectivity index (χ2n) is 9.18. The van der Waals surface area contributed by atoms with Gasteiger partial charge in [-0.15, -0.1) is 0 Å². The molecule has 4 heteroatoms. The summed E-state index contributed by atoms with van der Waals surface area (Å²) in [7, 11) is 0. The molecule has 29 heavy (non-hydrogen) atoms. The number of ether oxygens (including phenoxy) is 2. The normalized spacial score (nSPS) is 26.4. The average molecular weight is 392 g/mol. The quantitative estimate of drug-likeness (QED) is 0.752. The molecule has 1 saturated carbocycles. The van der Waals surface area contributed by atoms with Gasteiger partial charge >= 0.3 is 0 Å². The minimum Gasteiger partial charge on any atom is -0.494 e. The highest BCUT2D eigenvalue weighted by atomic mass is 16.5. The Morgan fingerprint density at radius 3 is 2.66 bits per heavy atom. The van der Waals surface area contributed by atoms with E-state index in [1.165, 1.54) is 12.8 Å². The molecule has 0 radical (unpaired) electrons. The van der Waals surface area contributed by atoms with Gasteiger partial charge in [-0.3, -0.25) is 4.79 Å². The van der Waals surface area contributed by atoms with Gasteiger partial charge in [-0.05, 0) is 57.2 Å². The van der Waals surface area contributed by atoms with Gasteiger partial charge in [0, 0.05) is 23.2 Å². The molecule has 0 saturated heterocycles. The first-order chi connectivity index (χ1) is 14.0. The van der Waals surface area contributed by atoms with Crippen molar-refractivity contribution >= 4 is 11.6 Å². The van der Waals surface area contributed by atoms with Crippen LogP contribution in [0.1, 0.15) is 57.6 Å². The van der Waals surface area contributed by atoms with Crippen LogP contribution in [-0.2, 0) is 10.2 Å². The van der Waals surface area contributed by atoms with E-state index in [-0.39, 0.29) is 11.8 Å². The Morgan fingerprint density at radius 1 is 1.10 bits per heavy atom. The first kappa shape index (κ1) is 18.5. The SMILES string of the molecule is CCOc1ccc2c(c1)OC(C)(C)C(CCC1CC1)[C@]21C(=O)Nc2ccccc21. The van der Waals surface area contributed by atoms with Crippen LogP contribution in [0.4, 0.5) is 5.69 Å². The average Bonchev–Trinajstić information content (AvgIpc) is 3.46. The van der Waals surface area contributed by atoms with Gasteiger partial charge in [0.05, 0.1) is 6.61 Å². The fourth-order valence-electron chi connectivity index (χ4n) is 5.50. The lowest BCUT2D eigenvalue weighted by Gasteiger charge is -2.50. The third-order valence-electron chi connectivity index (χ3n) is 6.94. The number of rotatable bonds is 5. The van der Waals surface area contributed by atoms with Crippen molar-refractivity contribution in [2.45, 2.75) is 57.5 Å². The summed E-state index contributed by atoms with van der Waals surface area (Å²) in [6, 6.07) is 14.1. The molecule has 1 N–H and O–H groups in total. The predicted molar refractivity (Wildman–Crippen MR) is 114 cm³/mol. The van der Waals surface area contributed by atoms with Crippen LogP contribution in [0.15, 0.2) is 42.5 Å². The lowest BCUT2D eigenvalue weighted by molar-refractivity contribution is -0.126. The molecule has 1 fully saturated rings. The van der Waals surface area contributed by atoms with E-state index in [2.05, 4.69) is 25.2 Å². The predicted octanol–water partition coefficient (Wildman–Crippen LogP) is 5.30. The van der Waals surface area contributed by atoms with Crippen LogP contribution in [0.25, 0.3) is 0 Å². The van der Waals surface area contributed by atoms with Gasteiger partial charge < -0.3 is 14.8 Å². The lowest BCUT2D eigenvalue weighted by atomic mass is 9.58. The van der Waals surface area contributed by atoms with Gasteiger partial charge in [0.15, 0.2) is 0 Å². The van der Waals surface area contributed by atoms with Gasteiger partial charge in [0.25, 0.3) is 0 Å². The molecule has 0 bridgehead atoms. The molecule has 2 aliphatic heterocycles. The molecule has 2 atom stereocenters. The Hall–Kier alpha value is -2.49. The van der Waals surface area contributed by atoms with E-state index in [0.717, 1.165) is 47.1 Å². The molecular weight excluding hydrogens is 362 g/mol. The van der Waals surface area contributed by atoms with Crippen LogP contribution >= 0.6 is 0 Å². The Morgan fingerprint density at radius 2 is 1.90 bits per heavy atom. The lowest BCUT2D eigenvalue weighted by Crippen LogP contribution is -2.57. The van der Waals surface area contributed by atoms with Crippen molar-refractivity contribution in [2.24, 2.45) is 11.8 Å². The number of carbonyl (C=O) groups is 1. The van der Waals surface area contributed by atoms with Crippen molar-refractivity contribution in [1.82, 2.24) is 0 Å². The third kappa shape index (κ3) is 2.76. The summed E-state index contributed by atoms with van der Waals surface area (Å²) in [6.45, 7) is 6.84. The van der Waals surface area contributed by atoms with Crippen molar-refractivity contribution in [3.05, 3.63) is 53.6 Å². The smallest absolute Gasteiger partial charge is 0.240 e. The summed E-state index contributed by atoms with van der Waals surface area (Å²) in [4.78, 5) is 13.7. The molecule has 1 spiro atoms. The summed E-state index contributed by atoms with van der Waals surface area (Å²) in [5.41, 5.74) is 1.76. The van der Waals surface area contributed by atoms with Gasteiger partial charge in [-0.2, -0.15) is 0 Å². The summed E-state index contributed by atoms with van der Waals surface area (Å²) < 4.78 is 12.3. The highest BCUT2D eigenvalue weighted by Crippen LogP contribution is 2.59. The molecule has 2 aromatic carbocycles. The van der Waals surface area contributed by atoms with Crippen molar-refractivity contribution in [3.8, 4) is 11.5 Å². The van der Waals surface area contributed by atoms with E-state index in [0.29, 0.717) is 6.61 Å². The van der Waals surface area contributed by atoms with E-state index in [4.69, 9.17) is 9.47 Å². The van der Waals surface area contributed by atoms with Gasteiger partial charge in [0.1, 0.15) is 22.5 Å². The Bertz CT molecular complexity index is 962. The molecule has 1 aliphatic carbocycles. The maximum absolute atomic E-state index is 13.7. The molecule has 2 aromatic rings. The molecule has 1 amide bonds. The second kappa shape index (κ2) is 6.51. The fourth-order valence-corrected chi connectivity index (χ4v) is 5.50. The molecule has 0 aromatic heterocycles. The topological polar surface area (TPSA) is 47.6 Å². The molecule has 4 nitrogen and oxygen atoms in total. The van der Waals surface area contributed by atoms with E-state index in [1.54, 1.807) is 0 Å². The van der Waals surface area contributed by atoms with Gasteiger partial charge in [-0.1, -0.05) is 37.1 Å². The second-order valence-corrected chi connectivity index (χ2v) is 9.18. The highest BCUT2D eigenvalue weighted by molar-refractivity contribution is 6.09. The van der Waals surface area contributed by atoms with Crippen molar-refractivity contribution in [3.63, 3.8) is 0 Å². The summed E-state index contributed by atoms with van der Waals surface area (Å²) in [5.74, 6) is 2.48. The van der Waals surface area contributed by atoms with E-state index in [9.17, 15) is 4.79 Å². The summed E-state index contributed by atoms with van der Waals surface area (Å²) in [6.07, 6.45) is 4.77. The van der Waals surface area contributed by atoms with Crippen molar-refractivity contribution in [1.29, 1.82) is 0 Å². The van der Waals surface area contributed by atoms with Gasteiger partial charge in [-0.25, -0.2) is 0 Å². The number of hydrogen-bond acceptors (Lipinski definition) is 3. The zero-order valence-corrected chi connectivity index (χ0v) is 17.5. The number of benzene rings is 2. The number of carbonyl (C=O) groups excluding carboxylic acids is 1. The van der Waals surface area contributed by atoms with E-state index >= 15 is 0 Å². The summed E-state index contributed by atoms with van der Waals surface area (Å²) in [5, 5.41) is 3.18. The van der Waals surface area contributed by atoms with Crippen LogP contribution in [0.2, 0.25) is 0 Å². The molecular formula is C25H29NO3. The Balaban J connectivity index is 1.72. The zero-order chi connectivity index (χ0) is 20.2. The minimum absolute atomic E-state index is 0.0599.